The number of nitrogens with one attached hydrogen (secondary N) is 1. The molecular weight excluding hydrogens is 342 g/mol. The van der Waals surface area contributed by atoms with Gasteiger partial charge in [0.05, 0.1) is 19.0 Å². The Balaban J connectivity index is 1.94. The first-order valence-electron chi connectivity index (χ1n) is 8.76. The van der Waals surface area contributed by atoms with Crippen molar-refractivity contribution in [2.75, 3.05) is 57.2 Å². The van der Waals surface area contributed by atoms with Gasteiger partial charge in [-0.05, 0) is 12.3 Å². The molecule has 142 valence electrons. The van der Waals surface area contributed by atoms with Gasteiger partial charge in [-0.25, -0.2) is 0 Å². The lowest BCUT2D eigenvalue weighted by Crippen LogP contribution is -2.38. The van der Waals surface area contributed by atoms with Crippen LogP contribution >= 0.6 is 11.8 Å². The number of amides is 1. The molecule has 1 aliphatic heterocycles. The van der Waals surface area contributed by atoms with Crippen LogP contribution in [-0.2, 0) is 20.8 Å². The van der Waals surface area contributed by atoms with E-state index in [0.717, 1.165) is 37.2 Å². The van der Waals surface area contributed by atoms with Crippen molar-refractivity contribution in [1.29, 1.82) is 0 Å². The number of methoxy groups -OCH3 is 1. The van der Waals surface area contributed by atoms with Crippen molar-refractivity contribution < 1.29 is 14.3 Å². The summed E-state index contributed by atoms with van der Waals surface area (Å²) in [5.74, 6) is 1.69. The Morgan fingerprint density at radius 3 is 2.80 bits per heavy atom. The molecule has 0 atom stereocenters. The quantitative estimate of drug-likeness (QED) is 0.486. The molecule has 9 heteroatoms. The van der Waals surface area contributed by atoms with Crippen molar-refractivity contribution in [3.8, 4) is 0 Å². The highest BCUT2D eigenvalue weighted by atomic mass is 32.2. The predicted molar refractivity (Wildman–Crippen MR) is 98.1 cm³/mol. The highest BCUT2D eigenvalue weighted by molar-refractivity contribution is 7.99. The molecule has 1 aliphatic rings. The van der Waals surface area contributed by atoms with Gasteiger partial charge in [0.15, 0.2) is 5.16 Å². The summed E-state index contributed by atoms with van der Waals surface area (Å²) >= 11 is 1.43. The zero-order chi connectivity index (χ0) is 18.1. The first kappa shape index (κ1) is 20.0. The number of hydrogen-bond donors (Lipinski definition) is 1. The minimum Gasteiger partial charge on any atom is -0.385 e. The predicted octanol–water partition coefficient (Wildman–Crippen LogP) is 1.02. The van der Waals surface area contributed by atoms with E-state index in [2.05, 4.69) is 38.8 Å². The van der Waals surface area contributed by atoms with Gasteiger partial charge >= 0.3 is 0 Å². The van der Waals surface area contributed by atoms with E-state index in [1.807, 2.05) is 0 Å². The molecule has 1 N–H and O–H groups in total. The molecule has 2 heterocycles. The molecule has 0 saturated carbocycles. The number of carbonyl (C=O) groups is 1. The molecule has 1 saturated heterocycles. The average molecular weight is 372 g/mol. The lowest BCUT2D eigenvalue weighted by molar-refractivity contribution is -0.118. The van der Waals surface area contributed by atoms with Crippen LogP contribution in [0.15, 0.2) is 5.16 Å². The Morgan fingerprint density at radius 2 is 2.12 bits per heavy atom. The smallest absolute Gasteiger partial charge is 0.230 e. The minimum atomic E-state index is 0.00752. The summed E-state index contributed by atoms with van der Waals surface area (Å²) in [6.07, 6.45) is 0.817. The Kier molecular flexibility index (Phi) is 8.50. The molecule has 0 unspecified atom stereocenters. The highest BCUT2D eigenvalue weighted by Gasteiger charge is 2.21. The van der Waals surface area contributed by atoms with Gasteiger partial charge < -0.3 is 19.7 Å². The lowest BCUT2D eigenvalue weighted by Gasteiger charge is -2.28. The van der Waals surface area contributed by atoms with Crippen LogP contribution in [0.4, 0.5) is 5.95 Å². The van der Waals surface area contributed by atoms with Crippen LogP contribution in [0, 0.1) is 5.92 Å². The number of ether oxygens (including phenoxy) is 2. The molecule has 0 bridgehead atoms. The number of anilines is 1. The molecule has 0 aromatic carbocycles. The zero-order valence-corrected chi connectivity index (χ0v) is 16.2. The third-order valence-corrected chi connectivity index (χ3v) is 4.69. The summed E-state index contributed by atoms with van der Waals surface area (Å²) in [7, 11) is 1.66. The molecule has 1 amide bonds. The summed E-state index contributed by atoms with van der Waals surface area (Å²) in [5.41, 5.74) is 0. The summed E-state index contributed by atoms with van der Waals surface area (Å²) in [4.78, 5) is 14.2. The standard InChI is InChI=1S/C16H29N5O3S/c1-13(2)11-21-15(20-6-9-24-10-7-20)18-19-16(21)25-12-14(22)17-5-4-8-23-3/h13H,4-12H2,1-3H3,(H,17,22). The Bertz CT molecular complexity index is 532. The number of carbonyl (C=O) groups excluding carboxylic acids is 1. The zero-order valence-electron chi connectivity index (χ0n) is 15.4. The highest BCUT2D eigenvalue weighted by Crippen LogP contribution is 2.24. The van der Waals surface area contributed by atoms with E-state index in [9.17, 15) is 4.79 Å². The third-order valence-electron chi connectivity index (χ3n) is 3.72. The van der Waals surface area contributed by atoms with Gasteiger partial charge in [0.1, 0.15) is 0 Å². The molecule has 0 radical (unpaired) electrons. The largest absolute Gasteiger partial charge is 0.385 e. The van der Waals surface area contributed by atoms with E-state index >= 15 is 0 Å². The van der Waals surface area contributed by atoms with E-state index in [1.54, 1.807) is 7.11 Å². The van der Waals surface area contributed by atoms with Crippen LogP contribution in [0.5, 0.6) is 0 Å². The van der Waals surface area contributed by atoms with Gasteiger partial charge in [0.2, 0.25) is 11.9 Å². The van der Waals surface area contributed by atoms with Gasteiger partial charge in [0, 0.05) is 39.9 Å². The fraction of sp³-hybridized carbons (Fsp3) is 0.812. The van der Waals surface area contributed by atoms with Crippen LogP contribution in [0.2, 0.25) is 0 Å². The number of morpholine rings is 1. The Hall–Kier alpha value is -1.32. The molecule has 0 spiro atoms. The van der Waals surface area contributed by atoms with Crippen molar-refractivity contribution in [3.63, 3.8) is 0 Å². The first-order chi connectivity index (χ1) is 12.1. The van der Waals surface area contributed by atoms with E-state index in [0.29, 0.717) is 38.0 Å². The monoisotopic (exact) mass is 371 g/mol. The van der Waals surface area contributed by atoms with Gasteiger partial charge in [-0.1, -0.05) is 25.6 Å². The lowest BCUT2D eigenvalue weighted by atomic mass is 10.2. The maximum atomic E-state index is 12.0. The second-order valence-corrected chi connectivity index (χ2v) is 7.31. The van der Waals surface area contributed by atoms with Crippen molar-refractivity contribution in [2.45, 2.75) is 32.0 Å². The fourth-order valence-electron chi connectivity index (χ4n) is 2.54. The molecule has 1 aromatic rings. The maximum absolute atomic E-state index is 12.0. The minimum absolute atomic E-state index is 0.00752. The SMILES string of the molecule is COCCCNC(=O)CSc1nnc(N2CCOCC2)n1CC(C)C. The summed E-state index contributed by atoms with van der Waals surface area (Å²) in [5, 5.41) is 12.4. The van der Waals surface area contributed by atoms with Gasteiger partial charge in [0.25, 0.3) is 0 Å². The number of hydrogen-bond acceptors (Lipinski definition) is 7. The third kappa shape index (κ3) is 6.48. The van der Waals surface area contributed by atoms with E-state index < -0.39 is 0 Å². The molecule has 2 rings (SSSR count). The van der Waals surface area contributed by atoms with Crippen molar-refractivity contribution >= 4 is 23.6 Å². The van der Waals surface area contributed by atoms with E-state index in [1.165, 1.54) is 11.8 Å². The second kappa shape index (κ2) is 10.6. The number of nitrogens with zero attached hydrogens (tertiary/aromatic N) is 4. The number of aromatic nitrogens is 3. The number of thioether (sulfide) groups is 1. The Labute approximate surface area is 153 Å². The maximum Gasteiger partial charge on any atom is 0.230 e. The number of rotatable bonds is 10. The summed E-state index contributed by atoms with van der Waals surface area (Å²) in [6.45, 7) is 9.51. The van der Waals surface area contributed by atoms with Crippen LogP contribution in [0.25, 0.3) is 0 Å². The van der Waals surface area contributed by atoms with Crippen molar-refractivity contribution in [2.24, 2.45) is 5.92 Å². The Morgan fingerprint density at radius 1 is 1.36 bits per heavy atom. The van der Waals surface area contributed by atoms with Crippen LogP contribution in [-0.4, -0.2) is 73.0 Å². The van der Waals surface area contributed by atoms with E-state index in [-0.39, 0.29) is 5.91 Å². The molecule has 1 aromatic heterocycles. The van der Waals surface area contributed by atoms with Crippen molar-refractivity contribution in [3.05, 3.63) is 0 Å². The van der Waals surface area contributed by atoms with Crippen LogP contribution in [0.3, 0.4) is 0 Å². The summed E-state index contributed by atoms with van der Waals surface area (Å²) in [6, 6.07) is 0. The molecular formula is C16H29N5O3S. The summed E-state index contributed by atoms with van der Waals surface area (Å²) < 4.78 is 12.5. The molecule has 8 nitrogen and oxygen atoms in total. The average Bonchev–Trinajstić information content (AvgIpc) is 2.99. The topological polar surface area (TPSA) is 81.5 Å². The second-order valence-electron chi connectivity index (χ2n) is 6.37. The molecule has 25 heavy (non-hydrogen) atoms. The fourth-order valence-corrected chi connectivity index (χ4v) is 3.31. The van der Waals surface area contributed by atoms with Crippen LogP contribution in [0.1, 0.15) is 20.3 Å². The van der Waals surface area contributed by atoms with Gasteiger partial charge in [-0.15, -0.1) is 10.2 Å². The van der Waals surface area contributed by atoms with Gasteiger partial charge in [-0.3, -0.25) is 9.36 Å². The normalized spacial score (nSPS) is 15.0. The molecule has 0 aliphatic carbocycles. The van der Waals surface area contributed by atoms with Crippen molar-refractivity contribution in [1.82, 2.24) is 20.1 Å². The van der Waals surface area contributed by atoms with E-state index in [4.69, 9.17) is 9.47 Å². The molecule has 1 fully saturated rings. The first-order valence-corrected chi connectivity index (χ1v) is 9.74. The van der Waals surface area contributed by atoms with Crippen LogP contribution < -0.4 is 10.2 Å². The van der Waals surface area contributed by atoms with Gasteiger partial charge in [-0.2, -0.15) is 0 Å².